The van der Waals surface area contributed by atoms with Crippen molar-refractivity contribution < 1.29 is 9.60 Å². The molecule has 0 unspecified atom stereocenters. The summed E-state index contributed by atoms with van der Waals surface area (Å²) < 4.78 is 13.1. The van der Waals surface area contributed by atoms with E-state index in [2.05, 4.69) is 0 Å². The molecule has 5 heteroatoms. The van der Waals surface area contributed by atoms with E-state index in [-0.39, 0.29) is 11.8 Å². The van der Waals surface area contributed by atoms with Crippen LogP contribution in [0.4, 0.5) is 4.39 Å². The Hall–Kier alpha value is -1.62. The van der Waals surface area contributed by atoms with Gasteiger partial charge in [0, 0.05) is 13.1 Å². The van der Waals surface area contributed by atoms with Crippen LogP contribution in [0.3, 0.4) is 0 Å². The lowest BCUT2D eigenvalue weighted by molar-refractivity contribution is 0.188. The quantitative estimate of drug-likeness (QED) is 0.428. The number of hydrogen-bond acceptors (Lipinski definition) is 2. The summed E-state index contributed by atoms with van der Waals surface area (Å²) in [7, 11) is 0. The molecule has 1 aromatic rings. The van der Waals surface area contributed by atoms with Crippen LogP contribution < -0.4 is 5.48 Å². The van der Waals surface area contributed by atoms with Gasteiger partial charge in [-0.05, 0) is 42.9 Å². The summed E-state index contributed by atoms with van der Waals surface area (Å²) in [4.78, 5) is 1.81. The molecule has 0 aliphatic carbocycles. The second-order valence-corrected chi connectivity index (χ2v) is 4.72. The number of rotatable bonds is 2. The van der Waals surface area contributed by atoms with Crippen molar-refractivity contribution in [2.45, 2.75) is 19.3 Å². The lowest BCUT2D eigenvalue weighted by Crippen LogP contribution is -2.44. The Balaban J connectivity index is 1.85. The first-order valence-electron chi connectivity index (χ1n) is 6.17. The molecule has 1 saturated heterocycles. The third kappa shape index (κ3) is 3.20. The Morgan fingerprint density at radius 3 is 2.78 bits per heavy atom. The highest BCUT2D eigenvalue weighted by Gasteiger charge is 2.21. The number of benzene rings is 1. The topological polar surface area (TPSA) is 59.4 Å². The Morgan fingerprint density at radius 1 is 1.44 bits per heavy atom. The molecule has 0 radical (unpaired) electrons. The van der Waals surface area contributed by atoms with Crippen LogP contribution in [0.5, 0.6) is 0 Å². The summed E-state index contributed by atoms with van der Waals surface area (Å²) in [5.41, 5.74) is 2.90. The highest BCUT2D eigenvalue weighted by molar-refractivity contribution is 5.75. The minimum Gasteiger partial charge on any atom is -0.341 e. The normalized spacial score (nSPS) is 16.7. The van der Waals surface area contributed by atoms with Gasteiger partial charge in [0.15, 0.2) is 0 Å². The summed E-state index contributed by atoms with van der Waals surface area (Å²) in [6, 6.07) is 6.74. The van der Waals surface area contributed by atoms with Gasteiger partial charge in [-0.15, -0.1) is 0 Å². The second-order valence-electron chi connectivity index (χ2n) is 4.72. The first kappa shape index (κ1) is 12.8. The molecule has 0 spiro atoms. The summed E-state index contributed by atoms with van der Waals surface area (Å²) in [5, 5.41) is 16.1. The van der Waals surface area contributed by atoms with E-state index in [0.717, 1.165) is 37.9 Å². The molecule has 0 saturated carbocycles. The number of halogens is 1. The molecular weight excluding hydrogens is 233 g/mol. The molecule has 0 amide bonds. The molecule has 3 N–H and O–H groups in total. The lowest BCUT2D eigenvalue weighted by atomic mass is 9.90. The predicted molar refractivity (Wildman–Crippen MR) is 67.0 cm³/mol. The standard InChI is InChI=1S/C13H18FN3O/c14-12-3-1-2-11(9-12)8-10-4-6-17(7-5-10)13(15)16-18/h1-3,9-10,18H,4-8H2,(H2,15,16). The van der Waals surface area contributed by atoms with Gasteiger partial charge >= 0.3 is 0 Å². The van der Waals surface area contributed by atoms with Crippen molar-refractivity contribution in [3.63, 3.8) is 0 Å². The molecule has 0 atom stereocenters. The molecule has 18 heavy (non-hydrogen) atoms. The molecule has 98 valence electrons. The van der Waals surface area contributed by atoms with E-state index in [1.54, 1.807) is 12.1 Å². The van der Waals surface area contributed by atoms with Crippen LogP contribution in [-0.4, -0.2) is 29.2 Å². The predicted octanol–water partition coefficient (Wildman–Crippen LogP) is 1.99. The average Bonchev–Trinajstić information content (AvgIpc) is 2.39. The fraction of sp³-hybridized carbons (Fsp3) is 0.462. The number of nitrogens with zero attached hydrogens (tertiary/aromatic N) is 1. The van der Waals surface area contributed by atoms with E-state index >= 15 is 0 Å². The highest BCUT2D eigenvalue weighted by Crippen LogP contribution is 2.21. The minimum atomic E-state index is -0.184. The van der Waals surface area contributed by atoms with Crippen LogP contribution in [0.25, 0.3) is 0 Å². The van der Waals surface area contributed by atoms with E-state index in [0.29, 0.717) is 5.92 Å². The van der Waals surface area contributed by atoms with Crippen molar-refractivity contribution in [2.24, 2.45) is 5.92 Å². The summed E-state index contributed by atoms with van der Waals surface area (Å²) in [5.74, 6) is 0.393. The van der Waals surface area contributed by atoms with E-state index in [1.807, 2.05) is 16.4 Å². The van der Waals surface area contributed by atoms with E-state index < -0.39 is 0 Å². The van der Waals surface area contributed by atoms with Crippen molar-refractivity contribution in [1.82, 2.24) is 10.4 Å². The van der Waals surface area contributed by atoms with E-state index in [4.69, 9.17) is 10.6 Å². The summed E-state index contributed by atoms with van der Waals surface area (Å²) in [6.45, 7) is 1.51. The summed E-state index contributed by atoms with van der Waals surface area (Å²) in [6.07, 6.45) is 2.80. The zero-order valence-electron chi connectivity index (χ0n) is 10.2. The number of likely N-dealkylation sites (tertiary alicyclic amines) is 1. The molecule has 1 heterocycles. The third-order valence-corrected chi connectivity index (χ3v) is 3.45. The van der Waals surface area contributed by atoms with Gasteiger partial charge in [0.2, 0.25) is 5.96 Å². The van der Waals surface area contributed by atoms with Gasteiger partial charge in [0.05, 0.1) is 0 Å². The first-order chi connectivity index (χ1) is 8.69. The van der Waals surface area contributed by atoms with Crippen molar-refractivity contribution in [3.8, 4) is 0 Å². The van der Waals surface area contributed by atoms with Crippen LogP contribution >= 0.6 is 0 Å². The largest absolute Gasteiger partial charge is 0.341 e. The van der Waals surface area contributed by atoms with Crippen LogP contribution in [0.2, 0.25) is 0 Å². The Bertz CT molecular complexity index is 416. The SMILES string of the molecule is N=C(NO)N1CCC(Cc2cccc(F)c2)CC1. The monoisotopic (exact) mass is 251 g/mol. The smallest absolute Gasteiger partial charge is 0.215 e. The van der Waals surface area contributed by atoms with Crippen molar-refractivity contribution >= 4 is 5.96 Å². The third-order valence-electron chi connectivity index (χ3n) is 3.45. The van der Waals surface area contributed by atoms with E-state index in [1.165, 1.54) is 6.07 Å². The maximum Gasteiger partial charge on any atom is 0.215 e. The molecule has 2 rings (SSSR count). The number of guanidine groups is 1. The average molecular weight is 251 g/mol. The summed E-state index contributed by atoms with van der Waals surface area (Å²) >= 11 is 0. The van der Waals surface area contributed by atoms with Gasteiger partial charge < -0.3 is 4.90 Å². The minimum absolute atomic E-state index is 0.0548. The maximum absolute atomic E-state index is 13.1. The van der Waals surface area contributed by atoms with Crippen LogP contribution in [0, 0.1) is 17.1 Å². The first-order valence-corrected chi connectivity index (χ1v) is 6.17. The zero-order chi connectivity index (χ0) is 13.0. The number of hydrogen-bond donors (Lipinski definition) is 3. The van der Waals surface area contributed by atoms with Gasteiger partial charge in [-0.2, -0.15) is 0 Å². The highest BCUT2D eigenvalue weighted by atomic mass is 19.1. The van der Waals surface area contributed by atoms with Gasteiger partial charge in [0.25, 0.3) is 0 Å². The lowest BCUT2D eigenvalue weighted by Gasteiger charge is -2.32. The van der Waals surface area contributed by atoms with Gasteiger partial charge in [-0.1, -0.05) is 12.1 Å². The van der Waals surface area contributed by atoms with Crippen molar-refractivity contribution in [3.05, 3.63) is 35.6 Å². The molecule has 1 aliphatic rings. The van der Waals surface area contributed by atoms with Crippen molar-refractivity contribution in [1.29, 1.82) is 5.41 Å². The maximum atomic E-state index is 13.1. The van der Waals surface area contributed by atoms with E-state index in [9.17, 15) is 4.39 Å². The molecule has 1 aromatic carbocycles. The fourth-order valence-corrected chi connectivity index (χ4v) is 2.43. The van der Waals surface area contributed by atoms with Crippen molar-refractivity contribution in [2.75, 3.05) is 13.1 Å². The molecule has 1 fully saturated rings. The molecule has 1 aliphatic heterocycles. The molecular formula is C13H18FN3O. The Morgan fingerprint density at radius 2 is 2.17 bits per heavy atom. The van der Waals surface area contributed by atoms with Crippen LogP contribution in [0.1, 0.15) is 18.4 Å². The number of piperidine rings is 1. The molecule has 0 bridgehead atoms. The van der Waals surface area contributed by atoms with Crippen LogP contribution in [0.15, 0.2) is 24.3 Å². The van der Waals surface area contributed by atoms with Gasteiger partial charge in [-0.25, -0.2) is 9.87 Å². The number of hydroxylamine groups is 1. The van der Waals surface area contributed by atoms with Gasteiger partial charge in [-0.3, -0.25) is 10.6 Å². The van der Waals surface area contributed by atoms with Crippen LogP contribution in [-0.2, 0) is 6.42 Å². The second kappa shape index (κ2) is 5.82. The fourth-order valence-electron chi connectivity index (χ4n) is 2.43. The Kier molecular flexibility index (Phi) is 4.15. The number of nitrogens with one attached hydrogen (secondary N) is 2. The molecule has 4 nitrogen and oxygen atoms in total. The Labute approximate surface area is 106 Å². The molecule has 0 aromatic heterocycles. The van der Waals surface area contributed by atoms with Gasteiger partial charge in [0.1, 0.15) is 5.82 Å². The zero-order valence-corrected chi connectivity index (χ0v) is 10.2.